The summed E-state index contributed by atoms with van der Waals surface area (Å²) in [4.78, 5) is 5.94. The summed E-state index contributed by atoms with van der Waals surface area (Å²) in [5, 5.41) is 4.98. The van der Waals surface area contributed by atoms with Crippen molar-refractivity contribution in [1.29, 1.82) is 0 Å². The molecule has 2 rings (SSSR count). The van der Waals surface area contributed by atoms with E-state index >= 15 is 0 Å². The highest BCUT2D eigenvalue weighted by Crippen LogP contribution is 2.28. The van der Waals surface area contributed by atoms with Gasteiger partial charge < -0.3 is 5.32 Å². The quantitative estimate of drug-likeness (QED) is 0.800. The number of hydrogen-bond acceptors (Lipinski definition) is 3. The van der Waals surface area contributed by atoms with E-state index in [9.17, 15) is 0 Å². The molecule has 0 radical (unpaired) electrons. The SMILES string of the molecule is C[C@H](NCc1cnc(C(C)(C)C)s1)C1CCCCCC1. The number of rotatable bonds is 4. The molecule has 0 aromatic carbocycles. The van der Waals surface area contributed by atoms with Crippen LogP contribution in [-0.2, 0) is 12.0 Å². The van der Waals surface area contributed by atoms with Crippen LogP contribution in [0.3, 0.4) is 0 Å². The minimum absolute atomic E-state index is 0.176. The van der Waals surface area contributed by atoms with Crippen LogP contribution >= 0.6 is 11.3 Å². The Morgan fingerprint density at radius 2 is 1.90 bits per heavy atom. The molecular formula is C17H30N2S. The second kappa shape index (κ2) is 7.04. The lowest BCUT2D eigenvalue weighted by Gasteiger charge is -2.23. The predicted octanol–water partition coefficient (Wildman–Crippen LogP) is 4.89. The molecule has 0 spiro atoms. The third kappa shape index (κ3) is 4.56. The maximum Gasteiger partial charge on any atom is 0.0981 e. The topological polar surface area (TPSA) is 24.9 Å². The third-order valence-corrected chi connectivity index (χ3v) is 5.82. The number of hydrogen-bond donors (Lipinski definition) is 1. The van der Waals surface area contributed by atoms with Crippen LogP contribution in [0, 0.1) is 5.92 Å². The highest BCUT2D eigenvalue weighted by atomic mass is 32.1. The van der Waals surface area contributed by atoms with Gasteiger partial charge in [-0.25, -0.2) is 4.98 Å². The molecule has 1 heterocycles. The molecule has 1 saturated carbocycles. The molecule has 1 fully saturated rings. The monoisotopic (exact) mass is 294 g/mol. The molecule has 1 atom stereocenters. The van der Waals surface area contributed by atoms with Gasteiger partial charge in [-0.15, -0.1) is 11.3 Å². The number of thiazole rings is 1. The largest absolute Gasteiger partial charge is 0.309 e. The number of nitrogens with zero attached hydrogens (tertiary/aromatic N) is 1. The maximum absolute atomic E-state index is 4.57. The predicted molar refractivity (Wildman–Crippen MR) is 88.3 cm³/mol. The van der Waals surface area contributed by atoms with Gasteiger partial charge in [0, 0.05) is 29.1 Å². The molecule has 0 amide bonds. The fraction of sp³-hybridized carbons (Fsp3) is 0.824. The van der Waals surface area contributed by atoms with Crippen LogP contribution < -0.4 is 5.32 Å². The summed E-state index contributed by atoms with van der Waals surface area (Å²) in [7, 11) is 0. The Morgan fingerprint density at radius 3 is 2.45 bits per heavy atom. The highest BCUT2D eigenvalue weighted by molar-refractivity contribution is 7.11. The summed E-state index contributed by atoms with van der Waals surface area (Å²) < 4.78 is 0. The van der Waals surface area contributed by atoms with Gasteiger partial charge in [-0.1, -0.05) is 46.5 Å². The van der Waals surface area contributed by atoms with E-state index in [1.54, 1.807) is 0 Å². The molecule has 114 valence electrons. The van der Waals surface area contributed by atoms with Gasteiger partial charge in [-0.3, -0.25) is 0 Å². The van der Waals surface area contributed by atoms with Crippen LogP contribution in [0.25, 0.3) is 0 Å². The van der Waals surface area contributed by atoms with E-state index in [0.717, 1.165) is 12.5 Å². The maximum atomic E-state index is 4.57. The van der Waals surface area contributed by atoms with Gasteiger partial charge in [0.15, 0.2) is 0 Å². The first-order valence-electron chi connectivity index (χ1n) is 8.15. The Hall–Kier alpha value is -0.410. The van der Waals surface area contributed by atoms with Crippen LogP contribution in [0.2, 0.25) is 0 Å². The van der Waals surface area contributed by atoms with E-state index in [4.69, 9.17) is 0 Å². The standard InChI is InChI=1S/C17H30N2S/c1-13(14-9-7-5-6-8-10-14)18-11-15-12-19-16(20-15)17(2,3)4/h12-14,18H,5-11H2,1-4H3/t13-/m0/s1. The van der Waals surface area contributed by atoms with Gasteiger partial charge in [-0.2, -0.15) is 0 Å². The van der Waals surface area contributed by atoms with Crippen molar-refractivity contribution in [2.24, 2.45) is 5.92 Å². The Kier molecular flexibility index (Phi) is 5.62. The zero-order valence-corrected chi connectivity index (χ0v) is 14.4. The van der Waals surface area contributed by atoms with E-state index < -0.39 is 0 Å². The van der Waals surface area contributed by atoms with Crippen molar-refractivity contribution < 1.29 is 0 Å². The first-order valence-corrected chi connectivity index (χ1v) is 8.97. The van der Waals surface area contributed by atoms with Gasteiger partial charge >= 0.3 is 0 Å². The fourth-order valence-corrected chi connectivity index (χ4v) is 3.90. The smallest absolute Gasteiger partial charge is 0.0981 e. The number of aromatic nitrogens is 1. The summed E-state index contributed by atoms with van der Waals surface area (Å²) >= 11 is 1.86. The van der Waals surface area contributed by atoms with Crippen molar-refractivity contribution >= 4 is 11.3 Å². The highest BCUT2D eigenvalue weighted by Gasteiger charge is 2.20. The summed E-state index contributed by atoms with van der Waals surface area (Å²) in [6.45, 7) is 10.0. The molecule has 1 aliphatic rings. The van der Waals surface area contributed by atoms with Gasteiger partial charge in [0.2, 0.25) is 0 Å². The average molecular weight is 295 g/mol. The van der Waals surface area contributed by atoms with Crippen molar-refractivity contribution in [3.8, 4) is 0 Å². The molecule has 3 heteroatoms. The molecule has 0 aliphatic heterocycles. The van der Waals surface area contributed by atoms with Crippen molar-refractivity contribution in [3.05, 3.63) is 16.1 Å². The molecule has 1 aliphatic carbocycles. The van der Waals surface area contributed by atoms with Crippen LogP contribution in [0.5, 0.6) is 0 Å². The minimum Gasteiger partial charge on any atom is -0.309 e. The van der Waals surface area contributed by atoms with Crippen molar-refractivity contribution in [2.75, 3.05) is 0 Å². The third-order valence-electron chi connectivity index (χ3n) is 4.40. The molecule has 0 bridgehead atoms. The van der Waals surface area contributed by atoms with Gasteiger partial charge in [0.25, 0.3) is 0 Å². The molecular weight excluding hydrogens is 264 g/mol. The molecule has 1 aromatic heterocycles. The van der Waals surface area contributed by atoms with E-state index in [-0.39, 0.29) is 5.41 Å². The number of nitrogens with one attached hydrogen (secondary N) is 1. The lowest BCUT2D eigenvalue weighted by Crippen LogP contribution is -2.32. The van der Waals surface area contributed by atoms with Crippen LogP contribution in [0.15, 0.2) is 6.20 Å². The summed E-state index contributed by atoms with van der Waals surface area (Å²) in [6.07, 6.45) is 10.6. The molecule has 20 heavy (non-hydrogen) atoms. The van der Waals surface area contributed by atoms with Crippen molar-refractivity contribution in [3.63, 3.8) is 0 Å². The second-order valence-corrected chi connectivity index (χ2v) is 8.42. The zero-order chi connectivity index (χ0) is 14.6. The van der Waals surface area contributed by atoms with Crippen LogP contribution in [-0.4, -0.2) is 11.0 Å². The fourth-order valence-electron chi connectivity index (χ4n) is 2.98. The summed E-state index contributed by atoms with van der Waals surface area (Å²) in [6, 6.07) is 0.633. The van der Waals surface area contributed by atoms with Gasteiger partial charge in [0.05, 0.1) is 5.01 Å². The summed E-state index contributed by atoms with van der Waals surface area (Å²) in [5.41, 5.74) is 0.176. The van der Waals surface area contributed by atoms with Crippen LogP contribution in [0.1, 0.15) is 76.1 Å². The molecule has 0 unspecified atom stereocenters. The zero-order valence-electron chi connectivity index (χ0n) is 13.5. The molecule has 1 aromatic rings. The molecule has 2 nitrogen and oxygen atoms in total. The first-order chi connectivity index (χ1) is 9.47. The van der Waals surface area contributed by atoms with Crippen molar-refractivity contribution in [1.82, 2.24) is 10.3 Å². The molecule has 0 saturated heterocycles. The normalized spacial score (nSPS) is 19.8. The average Bonchev–Trinajstić information content (AvgIpc) is 2.70. The first kappa shape index (κ1) is 16.0. The van der Waals surface area contributed by atoms with Crippen molar-refractivity contribution in [2.45, 2.75) is 84.2 Å². The minimum atomic E-state index is 0.176. The van der Waals surface area contributed by atoms with E-state index in [2.05, 4.69) is 44.2 Å². The van der Waals surface area contributed by atoms with E-state index in [1.165, 1.54) is 48.4 Å². The van der Waals surface area contributed by atoms with E-state index in [0.29, 0.717) is 6.04 Å². The van der Waals surface area contributed by atoms with Crippen LogP contribution in [0.4, 0.5) is 0 Å². The Labute approximate surface area is 128 Å². The lowest BCUT2D eigenvalue weighted by atomic mass is 9.93. The van der Waals surface area contributed by atoms with E-state index in [1.807, 2.05) is 11.3 Å². The Balaban J connectivity index is 1.83. The summed E-state index contributed by atoms with van der Waals surface area (Å²) in [5.74, 6) is 0.868. The second-order valence-electron chi connectivity index (χ2n) is 7.30. The van der Waals surface area contributed by atoms with Gasteiger partial charge in [-0.05, 0) is 25.7 Å². The Bertz CT molecular complexity index is 397. The lowest BCUT2D eigenvalue weighted by molar-refractivity contribution is 0.337. The van der Waals surface area contributed by atoms with Gasteiger partial charge in [0.1, 0.15) is 0 Å². The molecule has 1 N–H and O–H groups in total. The Morgan fingerprint density at radius 1 is 1.25 bits per heavy atom.